The van der Waals surface area contributed by atoms with E-state index in [0.29, 0.717) is 36.1 Å². The van der Waals surface area contributed by atoms with Crippen LogP contribution in [0.2, 0.25) is 0 Å². The molecule has 11 heteroatoms. The van der Waals surface area contributed by atoms with E-state index in [1.54, 1.807) is 24.3 Å². The minimum absolute atomic E-state index is 0.160. The van der Waals surface area contributed by atoms with Crippen LogP contribution in [0.1, 0.15) is 38.2 Å². The summed E-state index contributed by atoms with van der Waals surface area (Å²) in [6.07, 6.45) is 3.99. The van der Waals surface area contributed by atoms with Crippen LogP contribution in [0.25, 0.3) is 0 Å². The molecule has 1 aromatic rings. The van der Waals surface area contributed by atoms with E-state index in [2.05, 4.69) is 5.32 Å². The SMILES string of the molecule is CC(O)(c1ccc(N2CCN(S(=O)(=O)C3=CC=CCC3=S)C[C@@H]2CNC2CCC2)cc1)C(F)(F)F. The topological polar surface area (TPSA) is 72.9 Å². The summed E-state index contributed by atoms with van der Waals surface area (Å²) in [4.78, 5) is 2.58. The second kappa shape index (κ2) is 9.93. The lowest BCUT2D eigenvalue weighted by molar-refractivity contribution is -0.258. The molecule has 0 amide bonds. The molecule has 1 saturated heterocycles. The summed E-state index contributed by atoms with van der Waals surface area (Å²) in [5.41, 5.74) is -2.52. The highest BCUT2D eigenvalue weighted by Crippen LogP contribution is 2.39. The number of allylic oxidation sites excluding steroid dienone is 4. The van der Waals surface area contributed by atoms with Gasteiger partial charge in [0.25, 0.3) is 0 Å². The Morgan fingerprint density at radius 2 is 1.86 bits per heavy atom. The average Bonchev–Trinajstić information content (AvgIpc) is 2.77. The number of hydrogen-bond donors (Lipinski definition) is 2. The Hall–Kier alpha value is -1.79. The van der Waals surface area contributed by atoms with Crippen molar-refractivity contribution in [1.82, 2.24) is 9.62 Å². The second-order valence-corrected chi connectivity index (χ2v) is 11.8. The number of nitrogens with one attached hydrogen (secondary N) is 1. The molecule has 0 radical (unpaired) electrons. The van der Waals surface area contributed by atoms with Crippen LogP contribution < -0.4 is 10.2 Å². The largest absolute Gasteiger partial charge is 0.421 e. The number of hydrogen-bond acceptors (Lipinski definition) is 6. The maximum absolute atomic E-state index is 13.4. The van der Waals surface area contributed by atoms with Gasteiger partial charge in [0.1, 0.15) is 0 Å². The molecule has 1 saturated carbocycles. The molecule has 1 aliphatic heterocycles. The van der Waals surface area contributed by atoms with Crippen LogP contribution in [0.3, 0.4) is 0 Å². The molecule has 3 aliphatic rings. The van der Waals surface area contributed by atoms with Crippen molar-refractivity contribution in [3.05, 3.63) is 53.0 Å². The fraction of sp³-hybridized carbons (Fsp3) is 0.542. The first-order valence-corrected chi connectivity index (χ1v) is 13.6. The van der Waals surface area contributed by atoms with E-state index in [9.17, 15) is 26.7 Å². The van der Waals surface area contributed by atoms with Crippen molar-refractivity contribution in [2.45, 2.75) is 56.5 Å². The van der Waals surface area contributed by atoms with Crippen LogP contribution in [0, 0.1) is 0 Å². The van der Waals surface area contributed by atoms with Crippen molar-refractivity contribution in [3.8, 4) is 0 Å². The van der Waals surface area contributed by atoms with Crippen molar-refractivity contribution in [3.63, 3.8) is 0 Å². The smallest absolute Gasteiger partial charge is 0.376 e. The predicted molar refractivity (Wildman–Crippen MR) is 134 cm³/mol. The van der Waals surface area contributed by atoms with Crippen molar-refractivity contribution >= 4 is 32.8 Å². The fourth-order valence-corrected chi connectivity index (χ4v) is 6.58. The summed E-state index contributed by atoms with van der Waals surface area (Å²) >= 11 is 5.30. The number of nitrogens with zero attached hydrogens (tertiary/aromatic N) is 2. The van der Waals surface area contributed by atoms with E-state index in [0.717, 1.165) is 26.2 Å². The molecule has 1 aromatic carbocycles. The van der Waals surface area contributed by atoms with Gasteiger partial charge in [0.05, 0.1) is 10.9 Å². The van der Waals surface area contributed by atoms with E-state index in [1.807, 2.05) is 11.0 Å². The maximum atomic E-state index is 13.4. The van der Waals surface area contributed by atoms with Gasteiger partial charge in [-0.2, -0.15) is 17.5 Å². The van der Waals surface area contributed by atoms with E-state index in [-0.39, 0.29) is 29.6 Å². The number of benzene rings is 1. The molecule has 192 valence electrons. The Morgan fingerprint density at radius 3 is 2.43 bits per heavy atom. The molecule has 6 nitrogen and oxygen atoms in total. The zero-order valence-corrected chi connectivity index (χ0v) is 21.1. The molecule has 1 heterocycles. The molecule has 35 heavy (non-hydrogen) atoms. The first kappa shape index (κ1) is 26.3. The Kier molecular flexibility index (Phi) is 7.46. The number of anilines is 1. The minimum Gasteiger partial charge on any atom is -0.376 e. The molecule has 2 N–H and O–H groups in total. The molecule has 1 unspecified atom stereocenters. The summed E-state index contributed by atoms with van der Waals surface area (Å²) in [5.74, 6) is 0. The number of rotatable bonds is 7. The summed E-state index contributed by atoms with van der Waals surface area (Å²) in [7, 11) is -3.76. The van der Waals surface area contributed by atoms with E-state index in [4.69, 9.17) is 12.2 Å². The molecule has 2 fully saturated rings. The zero-order chi connectivity index (χ0) is 25.4. The summed E-state index contributed by atoms with van der Waals surface area (Å²) in [6, 6.07) is 5.84. The van der Waals surface area contributed by atoms with Gasteiger partial charge in [0.2, 0.25) is 10.0 Å². The third-order valence-corrected chi connectivity index (χ3v) is 9.55. The van der Waals surface area contributed by atoms with Crippen LogP contribution >= 0.6 is 12.2 Å². The Balaban J connectivity index is 1.56. The van der Waals surface area contributed by atoms with Gasteiger partial charge in [0.15, 0.2) is 5.60 Å². The van der Waals surface area contributed by atoms with E-state index < -0.39 is 21.8 Å². The van der Waals surface area contributed by atoms with Crippen molar-refractivity contribution in [1.29, 1.82) is 0 Å². The molecule has 2 aliphatic carbocycles. The van der Waals surface area contributed by atoms with Crippen LogP contribution in [-0.2, 0) is 15.6 Å². The number of sulfonamides is 1. The van der Waals surface area contributed by atoms with Gasteiger partial charge >= 0.3 is 6.18 Å². The van der Waals surface area contributed by atoms with Gasteiger partial charge < -0.3 is 15.3 Å². The van der Waals surface area contributed by atoms with E-state index >= 15 is 0 Å². The van der Waals surface area contributed by atoms with Crippen LogP contribution in [0.15, 0.2) is 47.4 Å². The first-order valence-electron chi connectivity index (χ1n) is 11.7. The highest BCUT2D eigenvalue weighted by molar-refractivity contribution is 7.96. The minimum atomic E-state index is -4.80. The normalized spacial score (nSPS) is 24.1. The van der Waals surface area contributed by atoms with Gasteiger partial charge in [-0.05, 0) is 43.5 Å². The molecule has 0 aromatic heterocycles. The van der Waals surface area contributed by atoms with E-state index in [1.165, 1.54) is 16.4 Å². The maximum Gasteiger partial charge on any atom is 0.421 e. The van der Waals surface area contributed by atoms with Gasteiger partial charge in [-0.25, -0.2) is 8.42 Å². The first-order chi connectivity index (χ1) is 16.4. The summed E-state index contributed by atoms with van der Waals surface area (Å²) < 4.78 is 67.9. The van der Waals surface area contributed by atoms with Crippen LogP contribution in [0.5, 0.6) is 0 Å². The zero-order valence-electron chi connectivity index (χ0n) is 19.5. The molecule has 0 bridgehead atoms. The van der Waals surface area contributed by atoms with Crippen LogP contribution in [0.4, 0.5) is 18.9 Å². The summed E-state index contributed by atoms with van der Waals surface area (Å²) in [6.45, 7) is 2.11. The van der Waals surface area contributed by atoms with Gasteiger partial charge in [0, 0.05) is 49.2 Å². The highest BCUT2D eigenvalue weighted by atomic mass is 32.2. The third kappa shape index (κ3) is 5.34. The number of halogens is 3. The molecular weight excluding hydrogens is 499 g/mol. The monoisotopic (exact) mass is 529 g/mol. The summed E-state index contributed by atoms with van der Waals surface area (Å²) in [5, 5.41) is 13.5. The Bertz CT molecular complexity index is 1110. The fourth-order valence-electron chi connectivity index (χ4n) is 4.51. The number of aliphatic hydroxyl groups is 1. The standard InChI is InChI=1S/C24H30F3N3O3S2/c1-23(31,24(25,26)27)17-9-11-19(12-10-17)30-14-13-29(16-20(30)15-28-18-5-4-6-18)35(32,33)22-8-3-2-7-21(22)34/h2-3,8-12,18,20,28,31H,4-7,13-16H2,1H3/t20-,23?/m0/s1. The lowest BCUT2D eigenvalue weighted by Gasteiger charge is -2.43. The third-order valence-electron chi connectivity index (χ3n) is 7.09. The van der Waals surface area contributed by atoms with Crippen LogP contribution in [-0.4, -0.2) is 67.1 Å². The lowest BCUT2D eigenvalue weighted by atomic mass is 9.93. The van der Waals surface area contributed by atoms with Crippen molar-refractivity contribution < 1.29 is 26.7 Å². The Morgan fingerprint density at radius 1 is 1.17 bits per heavy atom. The van der Waals surface area contributed by atoms with Gasteiger partial charge in [-0.15, -0.1) is 0 Å². The second-order valence-electron chi connectivity index (χ2n) is 9.45. The van der Waals surface area contributed by atoms with Gasteiger partial charge in [-0.3, -0.25) is 0 Å². The average molecular weight is 530 g/mol. The lowest BCUT2D eigenvalue weighted by Crippen LogP contribution is -2.59. The predicted octanol–water partition coefficient (Wildman–Crippen LogP) is 3.63. The number of piperazine rings is 1. The molecular formula is C24H30F3N3O3S2. The highest BCUT2D eigenvalue weighted by Gasteiger charge is 2.51. The Labute approximate surface area is 209 Å². The van der Waals surface area contributed by atoms with Crippen molar-refractivity contribution in [2.75, 3.05) is 31.1 Å². The quantitative estimate of drug-likeness (QED) is 0.526. The van der Waals surface area contributed by atoms with Crippen molar-refractivity contribution in [2.24, 2.45) is 0 Å². The molecule has 2 atom stereocenters. The number of thiocarbonyl (C=S) groups is 1. The van der Waals surface area contributed by atoms with Gasteiger partial charge in [-0.1, -0.05) is 42.9 Å². The molecule has 4 rings (SSSR count). The molecule has 0 spiro atoms. The number of alkyl halides is 3.